The van der Waals surface area contributed by atoms with E-state index in [1.807, 2.05) is 12.1 Å². The zero-order valence-electron chi connectivity index (χ0n) is 15.8. The smallest absolute Gasteiger partial charge is 0.253 e. The molecule has 150 valence electrons. The first-order valence-corrected chi connectivity index (χ1v) is 9.20. The monoisotopic (exact) mass is 398 g/mol. The Hall–Kier alpha value is -3.34. The van der Waals surface area contributed by atoms with Crippen LogP contribution in [0.2, 0.25) is 0 Å². The van der Waals surface area contributed by atoms with Crippen molar-refractivity contribution in [2.24, 2.45) is 0 Å². The molecule has 1 aromatic carbocycles. The lowest BCUT2D eigenvalue weighted by molar-refractivity contribution is -0.120. The summed E-state index contributed by atoms with van der Waals surface area (Å²) in [7, 11) is 1.45. The van der Waals surface area contributed by atoms with E-state index >= 15 is 0 Å². The van der Waals surface area contributed by atoms with Crippen molar-refractivity contribution in [3.05, 3.63) is 47.7 Å². The van der Waals surface area contributed by atoms with E-state index in [9.17, 15) is 18.4 Å². The zero-order chi connectivity index (χ0) is 21.0. The van der Waals surface area contributed by atoms with Gasteiger partial charge in [0.2, 0.25) is 5.91 Å². The maximum Gasteiger partial charge on any atom is 0.253 e. The lowest BCUT2D eigenvalue weighted by atomic mass is 9.90. The van der Waals surface area contributed by atoms with Crippen molar-refractivity contribution in [3.8, 4) is 6.07 Å². The number of hydrogen-bond acceptors (Lipinski definition) is 4. The number of fused-ring (bicyclic) bond motifs is 1. The molecule has 0 saturated carbocycles. The van der Waals surface area contributed by atoms with Crippen LogP contribution in [0.15, 0.2) is 36.5 Å². The lowest BCUT2D eigenvalue weighted by Gasteiger charge is -2.22. The second-order valence-electron chi connectivity index (χ2n) is 6.92. The maximum absolute atomic E-state index is 13.4. The normalized spacial score (nSPS) is 16.4. The van der Waals surface area contributed by atoms with Crippen LogP contribution in [0.1, 0.15) is 41.6 Å². The Morgan fingerprint density at radius 1 is 1.38 bits per heavy atom. The third-order valence-corrected chi connectivity index (χ3v) is 4.86. The third-order valence-electron chi connectivity index (χ3n) is 4.86. The van der Waals surface area contributed by atoms with Gasteiger partial charge in [-0.2, -0.15) is 5.26 Å². The van der Waals surface area contributed by atoms with E-state index in [2.05, 4.69) is 15.6 Å². The molecule has 0 aliphatic heterocycles. The van der Waals surface area contributed by atoms with E-state index in [0.29, 0.717) is 10.9 Å². The van der Waals surface area contributed by atoms with Crippen LogP contribution in [0.4, 0.5) is 8.78 Å². The van der Waals surface area contributed by atoms with Crippen molar-refractivity contribution in [2.45, 2.75) is 37.6 Å². The molecule has 1 aromatic heterocycles. The van der Waals surface area contributed by atoms with Gasteiger partial charge in [0.15, 0.2) is 0 Å². The van der Waals surface area contributed by atoms with Gasteiger partial charge in [-0.05, 0) is 18.1 Å². The first kappa shape index (κ1) is 20.4. The summed E-state index contributed by atoms with van der Waals surface area (Å²) in [5.41, 5.74) is 2.47. The molecule has 0 spiro atoms. The Morgan fingerprint density at radius 2 is 2.17 bits per heavy atom. The fourth-order valence-electron chi connectivity index (χ4n) is 3.24. The van der Waals surface area contributed by atoms with Gasteiger partial charge in [0.1, 0.15) is 6.04 Å². The fraction of sp³-hybridized carbons (Fsp3) is 0.333. The number of pyridine rings is 1. The summed E-state index contributed by atoms with van der Waals surface area (Å²) in [6, 6.07) is 7.96. The summed E-state index contributed by atoms with van der Waals surface area (Å²) in [5, 5.41) is 14.7. The van der Waals surface area contributed by atoms with E-state index in [1.165, 1.54) is 13.2 Å². The Balaban J connectivity index is 1.84. The summed E-state index contributed by atoms with van der Waals surface area (Å²) >= 11 is 0. The number of nitrogens with zero attached hydrogens (tertiary/aromatic N) is 2. The average molecular weight is 398 g/mol. The number of amides is 2. The molecule has 8 heteroatoms. The minimum Gasteiger partial charge on any atom is -0.359 e. The number of hydrogen-bond donors (Lipinski definition) is 2. The molecule has 2 amide bonds. The molecular formula is C21H20F2N4O2. The molecule has 2 aromatic rings. The van der Waals surface area contributed by atoms with Crippen molar-refractivity contribution in [1.82, 2.24) is 15.6 Å². The summed E-state index contributed by atoms with van der Waals surface area (Å²) in [4.78, 5) is 28.3. The molecule has 29 heavy (non-hydrogen) atoms. The number of nitrogens with one attached hydrogen (secondary N) is 2. The maximum atomic E-state index is 13.4. The summed E-state index contributed by atoms with van der Waals surface area (Å²) in [6.07, 6.45) is 2.56. The van der Waals surface area contributed by atoms with E-state index < -0.39 is 17.9 Å². The van der Waals surface area contributed by atoms with Gasteiger partial charge in [0.25, 0.3) is 11.8 Å². The summed E-state index contributed by atoms with van der Waals surface area (Å²) < 4.78 is 26.9. The molecule has 1 heterocycles. The number of allylic oxidation sites excluding steroid dienone is 2. The number of nitriles is 1. The molecule has 3 rings (SSSR count). The lowest BCUT2D eigenvalue weighted by Crippen LogP contribution is -2.37. The van der Waals surface area contributed by atoms with Crippen molar-refractivity contribution < 1.29 is 18.4 Å². The SMILES string of the molecule is CNC(=O)CC(C#N)NC(=O)c1cnc2c(C3=CCC(F)(F)CC3)cccc2c1. The average Bonchev–Trinajstić information content (AvgIpc) is 2.72. The van der Waals surface area contributed by atoms with Gasteiger partial charge in [-0.3, -0.25) is 14.6 Å². The van der Waals surface area contributed by atoms with Crippen molar-refractivity contribution in [3.63, 3.8) is 0 Å². The molecule has 6 nitrogen and oxygen atoms in total. The number of carbonyl (C=O) groups excluding carboxylic acids is 2. The van der Waals surface area contributed by atoms with Crippen LogP contribution in [0, 0.1) is 11.3 Å². The van der Waals surface area contributed by atoms with Crippen LogP contribution in [-0.4, -0.2) is 35.8 Å². The number of alkyl halides is 2. The molecular weight excluding hydrogens is 378 g/mol. The molecule has 0 fully saturated rings. The molecule has 1 atom stereocenters. The number of benzene rings is 1. The van der Waals surface area contributed by atoms with Crippen LogP contribution < -0.4 is 10.6 Å². The quantitative estimate of drug-likeness (QED) is 0.809. The highest BCUT2D eigenvalue weighted by molar-refractivity contribution is 5.99. The number of aromatic nitrogens is 1. The van der Waals surface area contributed by atoms with Gasteiger partial charge in [-0.15, -0.1) is 0 Å². The van der Waals surface area contributed by atoms with E-state index in [4.69, 9.17) is 5.26 Å². The number of para-hydroxylation sites is 1. The van der Waals surface area contributed by atoms with Gasteiger partial charge < -0.3 is 10.6 Å². The van der Waals surface area contributed by atoms with E-state index in [1.54, 1.807) is 24.3 Å². The van der Waals surface area contributed by atoms with E-state index in [-0.39, 0.29) is 37.2 Å². The Kier molecular flexibility index (Phi) is 5.87. The molecule has 0 radical (unpaired) electrons. The van der Waals surface area contributed by atoms with Crippen LogP contribution in [0.25, 0.3) is 16.5 Å². The second-order valence-corrected chi connectivity index (χ2v) is 6.92. The fourth-order valence-corrected chi connectivity index (χ4v) is 3.24. The van der Waals surface area contributed by atoms with Gasteiger partial charge in [-0.1, -0.05) is 24.3 Å². The third kappa shape index (κ3) is 4.74. The molecule has 2 N–H and O–H groups in total. The van der Waals surface area contributed by atoms with E-state index in [0.717, 1.165) is 11.1 Å². The molecule has 1 unspecified atom stereocenters. The van der Waals surface area contributed by atoms with Crippen molar-refractivity contribution in [1.29, 1.82) is 5.26 Å². The van der Waals surface area contributed by atoms with Crippen LogP contribution >= 0.6 is 0 Å². The van der Waals surface area contributed by atoms with Gasteiger partial charge in [-0.25, -0.2) is 8.78 Å². The first-order chi connectivity index (χ1) is 13.8. The highest BCUT2D eigenvalue weighted by Gasteiger charge is 2.31. The number of carbonyl (C=O) groups is 2. The first-order valence-electron chi connectivity index (χ1n) is 9.20. The molecule has 0 bridgehead atoms. The second kappa shape index (κ2) is 8.35. The molecule has 1 aliphatic carbocycles. The number of halogens is 2. The van der Waals surface area contributed by atoms with Crippen molar-refractivity contribution >= 4 is 28.3 Å². The van der Waals surface area contributed by atoms with Gasteiger partial charge >= 0.3 is 0 Å². The predicted molar refractivity (Wildman–Crippen MR) is 104 cm³/mol. The van der Waals surface area contributed by atoms with Crippen LogP contribution in [-0.2, 0) is 4.79 Å². The zero-order valence-corrected chi connectivity index (χ0v) is 15.8. The van der Waals surface area contributed by atoms with Crippen LogP contribution in [0.5, 0.6) is 0 Å². The highest BCUT2D eigenvalue weighted by Crippen LogP contribution is 2.37. The van der Waals surface area contributed by atoms with Crippen LogP contribution in [0.3, 0.4) is 0 Å². The molecule has 0 saturated heterocycles. The minimum absolute atomic E-state index is 0.150. The summed E-state index contributed by atoms with van der Waals surface area (Å²) in [5.74, 6) is -3.54. The van der Waals surface area contributed by atoms with Crippen molar-refractivity contribution in [2.75, 3.05) is 7.05 Å². The summed E-state index contributed by atoms with van der Waals surface area (Å²) in [6.45, 7) is 0. The Labute approximate surface area is 166 Å². The molecule has 1 aliphatic rings. The highest BCUT2D eigenvalue weighted by atomic mass is 19.3. The van der Waals surface area contributed by atoms with Gasteiger partial charge in [0.05, 0.1) is 23.6 Å². The Morgan fingerprint density at radius 3 is 2.83 bits per heavy atom. The largest absolute Gasteiger partial charge is 0.359 e. The standard InChI is InChI=1S/C21H20F2N4O2/c1-25-18(28)10-16(11-24)27-20(29)15-9-14-3-2-4-17(19(14)26-12-15)13-5-7-21(22,23)8-6-13/h2-5,9,12,16H,6-8,10H2,1H3,(H,25,28)(H,27,29). The van der Waals surface area contributed by atoms with Gasteiger partial charge in [0, 0.05) is 37.0 Å². The predicted octanol–water partition coefficient (Wildman–Crippen LogP) is 3.20. The Bertz CT molecular complexity index is 1030. The minimum atomic E-state index is -2.67. The number of rotatable bonds is 5. The topological polar surface area (TPSA) is 94.9 Å².